The van der Waals surface area contributed by atoms with Gasteiger partial charge in [0.25, 0.3) is 0 Å². The van der Waals surface area contributed by atoms with Gasteiger partial charge in [-0.25, -0.2) is 0 Å². The number of pyridine rings is 6. The van der Waals surface area contributed by atoms with Crippen molar-refractivity contribution in [3.63, 3.8) is 0 Å². The van der Waals surface area contributed by atoms with Crippen LogP contribution in [-0.2, 0) is 111 Å². The molecule has 2 aliphatic carbocycles. The standard InChI is InChI=1S/C21H18N.C21H20N.C20H16N.C20H18N.C18H14N.C11H8N.5Ir/c1-21(11-12-21)19-10-13-22-20(15-19)18-9-5-8-17(14-18)16-6-3-2-4-7-16;1-21(2,3)19-12-13-20(22-15-19)18-11-7-10-17(14-18)16-8-5-4-6-9-16;1-2-5-15(6-3-1)17-7-4-8-19(13-17)20-14-18(11-12-21-20)16-9-10-16;1-15(2)16-9-11-17(12-10-16)18-6-5-7-19(14-18)20-8-3-4-13-21-20;1-14-10-11-18(19-13-14)17-9-5-8-16(12-17)15-6-3-2-4-7-15;1-2-6-10(7-3-1)11-8-4-5-9-12-11;;;;;/h2-8,10,13-15H,11-12H2,1H3;4-10,12-15H,1-3H3;1-7,11-14,16H,9-10H2;3-6,8-15H,1-2H3;2-8,10-13H,1H3;1-6,8-9H;;;;;/q6*-1;;;;;. The van der Waals surface area contributed by atoms with Gasteiger partial charge < -0.3 is 29.9 Å². The zero-order valence-corrected chi connectivity index (χ0v) is 81.2. The molecule has 17 aromatic rings. The molecular formula is C111H94Ir5N6-6. The van der Waals surface area contributed by atoms with Crippen LogP contribution in [0.1, 0.15) is 107 Å². The van der Waals surface area contributed by atoms with Gasteiger partial charge in [-0.3, -0.25) is 0 Å². The molecule has 5 radical (unpaired) electrons. The Morgan fingerprint density at radius 3 is 1.02 bits per heavy atom. The first-order chi connectivity index (χ1) is 57.2. The molecule has 0 saturated heterocycles. The molecule has 11 aromatic carbocycles. The molecular weight excluding hydrogens is 2380 g/mol. The molecule has 6 heterocycles. The fourth-order valence-corrected chi connectivity index (χ4v) is 13.5. The average molecular weight is 2470 g/mol. The molecule has 11 heteroatoms. The quantitative estimate of drug-likeness (QED) is 0.101. The maximum absolute atomic E-state index is 4.62. The van der Waals surface area contributed by atoms with Crippen molar-refractivity contribution in [1.29, 1.82) is 0 Å². The molecule has 0 N–H and O–H groups in total. The summed E-state index contributed by atoms with van der Waals surface area (Å²) < 4.78 is 0. The van der Waals surface area contributed by atoms with Gasteiger partial charge in [0.2, 0.25) is 0 Å². The second kappa shape index (κ2) is 47.3. The SMILES string of the molecule is CC(C)(C)c1ccc(-c2[c-]ccc(-c3ccccc3)c2)nc1.CC(C)c1ccc(-c2cc[c-]c(-c3ccccn3)c2)cc1.CC1(c2ccnc(-c3[c-]ccc(-c4ccccc4)c3)c2)CC1.Cc1ccc(-c2[c-]ccc(-c3ccccc3)c2)nc1.[Ir].[Ir].[Ir].[Ir].[Ir].[c-]1ccc(-c2ccccc2)cc1-c1cc(C2CC2)ccn1.[c-]1ccccc1-c1ccccn1. The Labute approximate surface area is 790 Å². The predicted molar refractivity (Wildman–Crippen MR) is 484 cm³/mol. The van der Waals surface area contributed by atoms with E-state index in [4.69, 9.17) is 0 Å². The van der Waals surface area contributed by atoms with Crippen LogP contribution in [-0.4, -0.2) is 29.9 Å². The Kier molecular flexibility index (Phi) is 37.0. The van der Waals surface area contributed by atoms with Crippen LogP contribution in [0.5, 0.6) is 0 Å². The number of benzene rings is 11. The Morgan fingerprint density at radius 2 is 0.664 bits per heavy atom. The first-order valence-corrected chi connectivity index (χ1v) is 40.3. The van der Waals surface area contributed by atoms with E-state index in [1.54, 1.807) is 6.20 Å². The summed E-state index contributed by atoms with van der Waals surface area (Å²) in [4.78, 5) is 26.8. The largest absolute Gasteiger partial charge is 0.305 e. The molecule has 0 bridgehead atoms. The summed E-state index contributed by atoms with van der Waals surface area (Å²) >= 11 is 0. The van der Waals surface area contributed by atoms with Gasteiger partial charge in [-0.2, -0.15) is 0 Å². The molecule has 2 saturated carbocycles. The van der Waals surface area contributed by atoms with Gasteiger partial charge in [0.05, 0.1) is 0 Å². The second-order valence-electron chi connectivity index (χ2n) is 31.0. The Bertz CT molecular complexity index is 5920. The van der Waals surface area contributed by atoms with Gasteiger partial charge in [0, 0.05) is 138 Å². The fraction of sp³-hybridized carbons (Fsp3) is 0.135. The van der Waals surface area contributed by atoms with E-state index in [1.165, 1.54) is 109 Å². The first-order valence-electron chi connectivity index (χ1n) is 40.3. The van der Waals surface area contributed by atoms with Crippen LogP contribution in [0.3, 0.4) is 0 Å². The Hall–Kier alpha value is -10.4. The minimum Gasteiger partial charge on any atom is -0.305 e. The number of aromatic nitrogens is 6. The van der Waals surface area contributed by atoms with E-state index < -0.39 is 0 Å². The summed E-state index contributed by atoms with van der Waals surface area (Å²) in [6, 6.07) is 138. The van der Waals surface area contributed by atoms with E-state index in [9.17, 15) is 0 Å². The zero-order valence-electron chi connectivity index (χ0n) is 69.2. The van der Waals surface area contributed by atoms with Crippen LogP contribution in [0.2, 0.25) is 0 Å². The Morgan fingerprint density at radius 1 is 0.303 bits per heavy atom. The van der Waals surface area contributed by atoms with Crippen LogP contribution in [0.25, 0.3) is 123 Å². The predicted octanol–water partition coefficient (Wildman–Crippen LogP) is 28.3. The van der Waals surface area contributed by atoms with Crippen LogP contribution in [0.4, 0.5) is 0 Å². The molecule has 19 rings (SSSR count). The van der Waals surface area contributed by atoms with E-state index >= 15 is 0 Å². The number of nitrogens with zero attached hydrogens (tertiary/aromatic N) is 6. The second-order valence-corrected chi connectivity index (χ2v) is 31.0. The maximum atomic E-state index is 4.62. The van der Waals surface area contributed by atoms with Crippen LogP contribution in [0, 0.1) is 43.3 Å². The van der Waals surface area contributed by atoms with Crippen molar-refractivity contribution in [1.82, 2.24) is 29.9 Å². The van der Waals surface area contributed by atoms with Crippen LogP contribution in [0.15, 0.2) is 383 Å². The molecule has 619 valence electrons. The first kappa shape index (κ1) is 95.4. The van der Waals surface area contributed by atoms with E-state index in [-0.39, 0.29) is 106 Å². The zero-order chi connectivity index (χ0) is 80.6. The van der Waals surface area contributed by atoms with Crippen molar-refractivity contribution in [2.45, 2.75) is 96.8 Å². The van der Waals surface area contributed by atoms with Gasteiger partial charge in [0.1, 0.15) is 0 Å². The molecule has 0 amide bonds. The van der Waals surface area contributed by atoms with Gasteiger partial charge in [-0.05, 0) is 164 Å². The maximum Gasteiger partial charge on any atom is 0.0198 e. The molecule has 122 heavy (non-hydrogen) atoms. The molecule has 2 fully saturated rings. The summed E-state index contributed by atoms with van der Waals surface area (Å²) in [6.45, 7) is 15.4. The topological polar surface area (TPSA) is 77.3 Å². The van der Waals surface area contributed by atoms with Crippen molar-refractivity contribution in [3.05, 3.63) is 447 Å². The van der Waals surface area contributed by atoms with Crippen molar-refractivity contribution >= 4 is 0 Å². The summed E-state index contributed by atoms with van der Waals surface area (Å²) in [7, 11) is 0. The molecule has 2 aliphatic rings. The van der Waals surface area contributed by atoms with E-state index in [2.05, 4.69) is 332 Å². The van der Waals surface area contributed by atoms with Crippen molar-refractivity contribution in [2.75, 3.05) is 0 Å². The normalized spacial score (nSPS) is 11.7. The molecule has 0 atom stereocenters. The molecule has 6 aromatic heterocycles. The summed E-state index contributed by atoms with van der Waals surface area (Å²) in [5, 5.41) is 0. The average Bonchev–Trinajstić information content (AvgIpc) is 1.62. The number of hydrogen-bond acceptors (Lipinski definition) is 6. The number of aryl methyl sites for hydroxylation is 1. The third-order valence-corrected chi connectivity index (χ3v) is 20.9. The summed E-state index contributed by atoms with van der Waals surface area (Å²) in [5.74, 6) is 1.32. The fourth-order valence-electron chi connectivity index (χ4n) is 13.5. The number of hydrogen-bond donors (Lipinski definition) is 0. The third kappa shape index (κ3) is 27.3. The van der Waals surface area contributed by atoms with E-state index in [1.807, 2.05) is 159 Å². The number of rotatable bonds is 14. The molecule has 0 spiro atoms. The molecule has 0 aliphatic heterocycles. The van der Waals surface area contributed by atoms with Gasteiger partial charge in [0.15, 0.2) is 0 Å². The van der Waals surface area contributed by atoms with Crippen LogP contribution < -0.4 is 0 Å². The van der Waals surface area contributed by atoms with Gasteiger partial charge in [-0.1, -0.05) is 253 Å². The minimum absolute atomic E-state index is 0. The monoisotopic (exact) mass is 2480 g/mol. The van der Waals surface area contributed by atoms with Crippen molar-refractivity contribution in [2.24, 2.45) is 0 Å². The summed E-state index contributed by atoms with van der Waals surface area (Å²) in [6.07, 6.45) is 16.5. The molecule has 0 unspecified atom stereocenters. The minimum atomic E-state index is 0. The van der Waals surface area contributed by atoms with Crippen LogP contribution >= 0.6 is 0 Å². The van der Waals surface area contributed by atoms with E-state index in [0.717, 1.165) is 73.5 Å². The smallest absolute Gasteiger partial charge is 0.0198 e. The van der Waals surface area contributed by atoms with Crippen molar-refractivity contribution < 1.29 is 101 Å². The summed E-state index contributed by atoms with van der Waals surface area (Å²) in [5.41, 5.74) is 31.3. The van der Waals surface area contributed by atoms with E-state index in [0.29, 0.717) is 11.3 Å². The van der Waals surface area contributed by atoms with Gasteiger partial charge in [-0.15, -0.1) is 213 Å². The third-order valence-electron chi connectivity index (χ3n) is 20.9. The van der Waals surface area contributed by atoms with Gasteiger partial charge >= 0.3 is 0 Å². The molecule has 6 nitrogen and oxygen atoms in total. The van der Waals surface area contributed by atoms with Crippen molar-refractivity contribution in [3.8, 4) is 123 Å². The Balaban J connectivity index is 0.000000166.